The van der Waals surface area contributed by atoms with Crippen molar-refractivity contribution < 1.29 is 17.9 Å². The molecule has 1 fully saturated rings. The number of rotatable bonds is 3. The molecule has 1 aromatic carbocycles. The van der Waals surface area contributed by atoms with Gasteiger partial charge in [-0.3, -0.25) is 0 Å². The van der Waals surface area contributed by atoms with Crippen molar-refractivity contribution in [3.8, 4) is 0 Å². The zero-order chi connectivity index (χ0) is 13.9. The normalized spacial score (nSPS) is 24.4. The molecule has 106 valence electrons. The van der Waals surface area contributed by atoms with Crippen LogP contribution in [0.4, 0.5) is 13.2 Å². The Hall–Kier alpha value is -1.07. The van der Waals surface area contributed by atoms with Gasteiger partial charge >= 0.3 is 6.18 Å². The molecule has 19 heavy (non-hydrogen) atoms. The molecule has 1 N–H and O–H groups in total. The van der Waals surface area contributed by atoms with E-state index in [0.29, 0.717) is 12.0 Å². The second-order valence-electron chi connectivity index (χ2n) is 4.94. The van der Waals surface area contributed by atoms with Crippen molar-refractivity contribution in [2.24, 2.45) is 0 Å². The van der Waals surface area contributed by atoms with Crippen molar-refractivity contribution in [1.82, 2.24) is 5.32 Å². The summed E-state index contributed by atoms with van der Waals surface area (Å²) in [5.74, 6) is 0. The Morgan fingerprint density at radius 2 is 2.00 bits per heavy atom. The van der Waals surface area contributed by atoms with Crippen LogP contribution in [-0.2, 0) is 16.5 Å². The average Bonchev–Trinajstić information content (AvgIpc) is 2.39. The lowest BCUT2D eigenvalue weighted by atomic mass is 9.80. The van der Waals surface area contributed by atoms with E-state index in [9.17, 15) is 13.2 Å². The Morgan fingerprint density at radius 1 is 1.26 bits per heavy atom. The van der Waals surface area contributed by atoms with Gasteiger partial charge in [0.25, 0.3) is 0 Å². The van der Waals surface area contributed by atoms with Crippen LogP contribution in [0.5, 0.6) is 0 Å². The minimum Gasteiger partial charge on any atom is -0.382 e. The summed E-state index contributed by atoms with van der Waals surface area (Å²) in [7, 11) is 1.52. The summed E-state index contributed by atoms with van der Waals surface area (Å²) in [5, 5.41) is 3.24. The van der Waals surface area contributed by atoms with Gasteiger partial charge in [0.2, 0.25) is 0 Å². The smallest absolute Gasteiger partial charge is 0.382 e. The van der Waals surface area contributed by atoms with Gasteiger partial charge in [0, 0.05) is 7.11 Å². The Bertz CT molecular complexity index is 419. The van der Waals surface area contributed by atoms with Crippen molar-refractivity contribution >= 4 is 0 Å². The number of hydrogen-bond donors (Lipinski definition) is 1. The van der Waals surface area contributed by atoms with E-state index >= 15 is 0 Å². The molecule has 1 heterocycles. The third-order valence-corrected chi connectivity index (χ3v) is 3.63. The Balaban J connectivity index is 2.47. The van der Waals surface area contributed by atoms with Gasteiger partial charge in [-0.15, -0.1) is 0 Å². The summed E-state index contributed by atoms with van der Waals surface area (Å²) >= 11 is 0. The van der Waals surface area contributed by atoms with Crippen LogP contribution in [-0.4, -0.2) is 20.3 Å². The number of piperidine rings is 1. The van der Waals surface area contributed by atoms with E-state index in [1.807, 2.05) is 0 Å². The molecule has 0 spiro atoms. The fraction of sp³-hybridized carbons (Fsp3) is 0.571. The molecule has 0 bridgehead atoms. The number of nitrogens with one attached hydrogen (secondary N) is 1. The van der Waals surface area contributed by atoms with Crippen molar-refractivity contribution in [3.05, 3.63) is 35.4 Å². The summed E-state index contributed by atoms with van der Waals surface area (Å²) in [6.45, 7) is 0.968. The first kappa shape index (κ1) is 14.3. The molecule has 2 rings (SSSR count). The van der Waals surface area contributed by atoms with Gasteiger partial charge in [0.1, 0.15) is 0 Å². The average molecular weight is 273 g/mol. The number of alkyl halides is 3. The Labute approximate surface area is 111 Å². The quantitative estimate of drug-likeness (QED) is 0.912. The molecule has 0 aliphatic carbocycles. The van der Waals surface area contributed by atoms with Gasteiger partial charge in [-0.25, -0.2) is 0 Å². The molecule has 1 aliphatic heterocycles. The second-order valence-corrected chi connectivity index (χ2v) is 4.94. The highest BCUT2D eigenvalue weighted by Gasteiger charge is 2.42. The van der Waals surface area contributed by atoms with E-state index in [1.54, 1.807) is 12.1 Å². The van der Waals surface area contributed by atoms with Gasteiger partial charge in [-0.2, -0.15) is 13.2 Å². The maximum atomic E-state index is 13.1. The molecule has 2 nitrogen and oxygen atoms in total. The molecule has 1 aromatic rings. The van der Waals surface area contributed by atoms with Crippen LogP contribution >= 0.6 is 0 Å². The third kappa shape index (κ3) is 2.92. The maximum Gasteiger partial charge on any atom is 0.416 e. The van der Waals surface area contributed by atoms with Gasteiger partial charge in [-0.05, 0) is 37.4 Å². The molecule has 0 aromatic heterocycles. The van der Waals surface area contributed by atoms with Crippen LogP contribution in [0.25, 0.3) is 0 Å². The zero-order valence-corrected chi connectivity index (χ0v) is 10.9. The van der Waals surface area contributed by atoms with Crippen LogP contribution in [0.3, 0.4) is 0 Å². The van der Waals surface area contributed by atoms with E-state index in [-0.39, 0.29) is 6.61 Å². The van der Waals surface area contributed by atoms with Crippen LogP contribution in [0, 0.1) is 0 Å². The lowest BCUT2D eigenvalue weighted by Crippen LogP contribution is -2.50. The molecule has 0 radical (unpaired) electrons. The van der Waals surface area contributed by atoms with Crippen molar-refractivity contribution in [1.29, 1.82) is 0 Å². The highest BCUT2D eigenvalue weighted by molar-refractivity contribution is 5.36. The molecule has 1 unspecified atom stereocenters. The first-order chi connectivity index (χ1) is 8.99. The predicted octanol–water partition coefficient (Wildman–Crippen LogP) is 3.32. The predicted molar refractivity (Wildman–Crippen MR) is 66.9 cm³/mol. The zero-order valence-electron chi connectivity index (χ0n) is 10.9. The number of ether oxygens (including phenoxy) is 1. The van der Waals surface area contributed by atoms with Crippen molar-refractivity contribution in [2.45, 2.75) is 31.0 Å². The van der Waals surface area contributed by atoms with Gasteiger partial charge in [0.05, 0.1) is 17.7 Å². The standard InChI is InChI=1S/C14H18F3NO/c1-19-10-13(8-4-5-9-18-13)11-6-2-3-7-12(11)14(15,16)17/h2-3,6-7,18H,4-5,8-10H2,1H3. The molecule has 0 amide bonds. The monoisotopic (exact) mass is 273 g/mol. The number of halogens is 3. The summed E-state index contributed by atoms with van der Waals surface area (Å²) in [6, 6.07) is 5.77. The number of methoxy groups -OCH3 is 1. The Morgan fingerprint density at radius 3 is 2.58 bits per heavy atom. The van der Waals surface area contributed by atoms with E-state index < -0.39 is 17.3 Å². The molecular weight excluding hydrogens is 255 g/mol. The summed E-state index contributed by atoms with van der Waals surface area (Å²) < 4.78 is 44.6. The highest BCUT2D eigenvalue weighted by Crippen LogP contribution is 2.39. The summed E-state index contributed by atoms with van der Waals surface area (Å²) in [5.41, 5.74) is -0.996. The Kier molecular flexibility index (Phi) is 4.16. The van der Waals surface area contributed by atoms with Crippen LogP contribution in [0.2, 0.25) is 0 Å². The van der Waals surface area contributed by atoms with Crippen LogP contribution < -0.4 is 5.32 Å². The number of hydrogen-bond acceptors (Lipinski definition) is 2. The topological polar surface area (TPSA) is 21.3 Å². The number of benzene rings is 1. The van der Waals surface area contributed by atoms with Gasteiger partial charge < -0.3 is 10.1 Å². The van der Waals surface area contributed by atoms with E-state index in [2.05, 4.69) is 5.32 Å². The maximum absolute atomic E-state index is 13.1. The lowest BCUT2D eigenvalue weighted by Gasteiger charge is -2.39. The van der Waals surface area contributed by atoms with Crippen molar-refractivity contribution in [3.63, 3.8) is 0 Å². The van der Waals surface area contributed by atoms with Crippen LogP contribution in [0.15, 0.2) is 24.3 Å². The fourth-order valence-electron chi connectivity index (χ4n) is 2.79. The van der Waals surface area contributed by atoms with Gasteiger partial charge in [0.15, 0.2) is 0 Å². The third-order valence-electron chi connectivity index (χ3n) is 3.63. The minimum atomic E-state index is -4.34. The summed E-state index contributed by atoms with van der Waals surface area (Å²) in [4.78, 5) is 0. The molecule has 0 saturated carbocycles. The molecule has 5 heteroatoms. The first-order valence-corrected chi connectivity index (χ1v) is 6.40. The molecular formula is C14H18F3NO. The summed E-state index contributed by atoms with van der Waals surface area (Å²) in [6.07, 6.45) is -1.79. The first-order valence-electron chi connectivity index (χ1n) is 6.40. The van der Waals surface area contributed by atoms with E-state index in [0.717, 1.165) is 25.5 Å². The SMILES string of the molecule is COCC1(c2ccccc2C(F)(F)F)CCCCN1. The minimum absolute atomic E-state index is 0.250. The van der Waals surface area contributed by atoms with Crippen LogP contribution in [0.1, 0.15) is 30.4 Å². The highest BCUT2D eigenvalue weighted by atomic mass is 19.4. The lowest BCUT2D eigenvalue weighted by molar-refractivity contribution is -0.139. The molecule has 1 atom stereocenters. The van der Waals surface area contributed by atoms with Gasteiger partial charge in [-0.1, -0.05) is 18.2 Å². The second kappa shape index (κ2) is 5.51. The van der Waals surface area contributed by atoms with E-state index in [4.69, 9.17) is 4.74 Å². The molecule has 1 saturated heterocycles. The fourth-order valence-corrected chi connectivity index (χ4v) is 2.79. The largest absolute Gasteiger partial charge is 0.416 e. The van der Waals surface area contributed by atoms with E-state index in [1.165, 1.54) is 13.2 Å². The van der Waals surface area contributed by atoms with Crippen molar-refractivity contribution in [2.75, 3.05) is 20.3 Å². The molecule has 1 aliphatic rings.